The number of halogens is 2. The van der Waals surface area contributed by atoms with Crippen LogP contribution in [0.3, 0.4) is 0 Å². The first-order chi connectivity index (χ1) is 11.5. The first-order valence-electron chi connectivity index (χ1n) is 7.97. The van der Waals surface area contributed by atoms with Crippen molar-refractivity contribution in [2.24, 2.45) is 17.3 Å². The van der Waals surface area contributed by atoms with Crippen molar-refractivity contribution in [2.45, 2.75) is 43.5 Å². The Kier molecular flexibility index (Phi) is 6.09. The number of benzene rings is 1. The SMILES string of the molecule is CCOC(=O)[C@H]1[C@H](C(OS(=O)(=O)c2ccc(C)cc2)C(Cl)Cl)C1(C)C. The number of hydrogen-bond acceptors (Lipinski definition) is 5. The highest BCUT2D eigenvalue weighted by Gasteiger charge is 2.67. The van der Waals surface area contributed by atoms with Crippen LogP contribution in [0.4, 0.5) is 0 Å². The molecule has 1 saturated carbocycles. The van der Waals surface area contributed by atoms with Crippen LogP contribution in [0.25, 0.3) is 0 Å². The zero-order valence-corrected chi connectivity index (χ0v) is 16.9. The Bertz CT molecular complexity index is 728. The van der Waals surface area contributed by atoms with Crippen LogP contribution in [0, 0.1) is 24.2 Å². The number of carbonyl (C=O) groups excluding carboxylic acids is 1. The summed E-state index contributed by atoms with van der Waals surface area (Å²) in [5.74, 6) is -1.36. The molecule has 0 bridgehead atoms. The topological polar surface area (TPSA) is 69.7 Å². The summed E-state index contributed by atoms with van der Waals surface area (Å²) in [6.07, 6.45) is -1.04. The van der Waals surface area contributed by atoms with Gasteiger partial charge >= 0.3 is 5.97 Å². The Labute approximate surface area is 158 Å². The second-order valence-electron chi connectivity index (χ2n) is 6.74. The lowest BCUT2D eigenvalue weighted by molar-refractivity contribution is -0.146. The fraction of sp³-hybridized carbons (Fsp3) is 0.588. The molecule has 0 amide bonds. The van der Waals surface area contributed by atoms with Crippen molar-refractivity contribution in [2.75, 3.05) is 6.61 Å². The lowest BCUT2D eigenvalue weighted by Gasteiger charge is -2.20. The lowest BCUT2D eigenvalue weighted by atomic mass is 10.1. The van der Waals surface area contributed by atoms with E-state index >= 15 is 0 Å². The van der Waals surface area contributed by atoms with Crippen LogP contribution < -0.4 is 0 Å². The molecule has 1 aliphatic rings. The van der Waals surface area contributed by atoms with E-state index in [0.29, 0.717) is 0 Å². The quantitative estimate of drug-likeness (QED) is 0.390. The Hall–Kier alpha value is -0.820. The van der Waals surface area contributed by atoms with Gasteiger partial charge in [-0.1, -0.05) is 31.5 Å². The van der Waals surface area contributed by atoms with Crippen LogP contribution in [0.1, 0.15) is 26.3 Å². The predicted molar refractivity (Wildman–Crippen MR) is 96.1 cm³/mol. The van der Waals surface area contributed by atoms with E-state index in [9.17, 15) is 13.2 Å². The molecule has 0 radical (unpaired) electrons. The number of esters is 1. The van der Waals surface area contributed by atoms with Gasteiger partial charge < -0.3 is 4.74 Å². The number of ether oxygens (including phenoxy) is 1. The van der Waals surface area contributed by atoms with Gasteiger partial charge in [0, 0.05) is 5.92 Å². The van der Waals surface area contributed by atoms with Gasteiger partial charge in [-0.05, 0) is 31.4 Å². The first kappa shape index (κ1) is 20.5. The fourth-order valence-corrected chi connectivity index (χ4v) is 4.78. The van der Waals surface area contributed by atoms with Crippen molar-refractivity contribution < 1.29 is 22.1 Å². The van der Waals surface area contributed by atoms with Crippen LogP contribution in [0.2, 0.25) is 0 Å². The Morgan fingerprint density at radius 1 is 1.24 bits per heavy atom. The van der Waals surface area contributed by atoms with Crippen LogP contribution in [0.5, 0.6) is 0 Å². The molecule has 2 rings (SSSR count). The summed E-state index contributed by atoms with van der Waals surface area (Å²) in [5.41, 5.74) is 0.413. The zero-order chi connectivity index (χ0) is 19.0. The molecule has 8 heteroatoms. The minimum absolute atomic E-state index is 0.0169. The normalized spacial score (nSPS) is 23.3. The third kappa shape index (κ3) is 4.30. The van der Waals surface area contributed by atoms with Crippen molar-refractivity contribution in [1.82, 2.24) is 0 Å². The fourth-order valence-electron chi connectivity index (χ4n) is 3.14. The lowest BCUT2D eigenvalue weighted by Crippen LogP contribution is -2.29. The van der Waals surface area contributed by atoms with Crippen LogP contribution in [-0.4, -0.2) is 31.9 Å². The highest BCUT2D eigenvalue weighted by atomic mass is 35.5. The Morgan fingerprint density at radius 3 is 2.28 bits per heavy atom. The molecule has 0 heterocycles. The second kappa shape index (κ2) is 7.43. The third-order valence-electron chi connectivity index (χ3n) is 4.60. The van der Waals surface area contributed by atoms with Gasteiger partial charge in [0.15, 0.2) is 0 Å². The van der Waals surface area contributed by atoms with Crippen molar-refractivity contribution in [3.8, 4) is 0 Å². The third-order valence-corrected chi connectivity index (χ3v) is 6.42. The average Bonchev–Trinajstić information content (AvgIpc) is 3.07. The summed E-state index contributed by atoms with van der Waals surface area (Å²) in [6, 6.07) is 6.26. The smallest absolute Gasteiger partial charge is 0.309 e. The predicted octanol–water partition coefficient (Wildman–Crippen LogP) is 3.71. The maximum atomic E-state index is 12.5. The molecular formula is C17H22Cl2O5S. The molecule has 0 aliphatic heterocycles. The standard InChI is InChI=1S/C17H22Cl2O5S/c1-5-23-16(20)13-12(17(13,3)4)14(15(18)19)24-25(21,22)11-8-6-10(2)7-9-11/h6-9,12-15H,5H2,1-4H3/t12-,13-,14?/m1/s1. The van der Waals surface area contributed by atoms with Gasteiger partial charge in [-0.3, -0.25) is 8.98 Å². The average molecular weight is 409 g/mol. The molecule has 1 aliphatic carbocycles. The molecule has 1 fully saturated rings. The summed E-state index contributed by atoms with van der Waals surface area (Å²) in [4.78, 5) is 11.0. The molecule has 0 spiro atoms. The van der Waals surface area contributed by atoms with E-state index in [1.165, 1.54) is 12.1 Å². The van der Waals surface area contributed by atoms with Gasteiger partial charge in [-0.15, -0.1) is 23.2 Å². The summed E-state index contributed by atoms with van der Waals surface area (Å²) in [7, 11) is -4.06. The van der Waals surface area contributed by atoms with Crippen molar-refractivity contribution in [3.63, 3.8) is 0 Å². The van der Waals surface area contributed by atoms with Crippen molar-refractivity contribution >= 4 is 39.3 Å². The summed E-state index contributed by atoms with van der Waals surface area (Å²) < 4.78 is 35.5. The molecule has 0 saturated heterocycles. The highest BCUT2D eigenvalue weighted by molar-refractivity contribution is 7.86. The second-order valence-corrected chi connectivity index (χ2v) is 9.48. The summed E-state index contributed by atoms with van der Waals surface area (Å²) in [5, 5.41) is 0. The molecule has 1 unspecified atom stereocenters. The Morgan fingerprint density at radius 2 is 1.80 bits per heavy atom. The molecule has 140 valence electrons. The maximum Gasteiger partial charge on any atom is 0.309 e. The van der Waals surface area contributed by atoms with Gasteiger partial charge in [-0.25, -0.2) is 0 Å². The first-order valence-corrected chi connectivity index (χ1v) is 10.2. The molecule has 1 aromatic carbocycles. The van der Waals surface area contributed by atoms with Gasteiger partial charge in [0.25, 0.3) is 10.1 Å². The maximum absolute atomic E-state index is 12.5. The minimum atomic E-state index is -4.06. The summed E-state index contributed by atoms with van der Waals surface area (Å²) in [6.45, 7) is 7.49. The van der Waals surface area contributed by atoms with Crippen LogP contribution >= 0.6 is 23.2 Å². The number of aryl methyl sites for hydroxylation is 1. The van der Waals surface area contributed by atoms with Gasteiger partial charge in [0.2, 0.25) is 0 Å². The van der Waals surface area contributed by atoms with E-state index < -0.39 is 44.3 Å². The number of carbonyl (C=O) groups is 1. The summed E-state index contributed by atoms with van der Waals surface area (Å²) >= 11 is 12.0. The molecule has 3 atom stereocenters. The van der Waals surface area contributed by atoms with Gasteiger partial charge in [-0.2, -0.15) is 8.42 Å². The number of rotatable bonds is 7. The molecular weight excluding hydrogens is 387 g/mol. The molecule has 0 aromatic heterocycles. The van der Waals surface area contributed by atoms with Crippen LogP contribution in [0.15, 0.2) is 29.2 Å². The number of alkyl halides is 2. The van der Waals surface area contributed by atoms with Gasteiger partial charge in [0.05, 0.1) is 17.4 Å². The van der Waals surface area contributed by atoms with E-state index in [1.54, 1.807) is 19.1 Å². The number of hydrogen-bond donors (Lipinski definition) is 0. The molecule has 5 nitrogen and oxygen atoms in total. The molecule has 25 heavy (non-hydrogen) atoms. The van der Waals surface area contributed by atoms with Crippen LogP contribution in [-0.2, 0) is 23.8 Å². The van der Waals surface area contributed by atoms with Crippen molar-refractivity contribution in [1.29, 1.82) is 0 Å². The highest BCUT2D eigenvalue weighted by Crippen LogP contribution is 2.62. The van der Waals surface area contributed by atoms with E-state index in [4.69, 9.17) is 32.1 Å². The largest absolute Gasteiger partial charge is 0.466 e. The monoisotopic (exact) mass is 408 g/mol. The van der Waals surface area contributed by atoms with E-state index in [-0.39, 0.29) is 11.5 Å². The van der Waals surface area contributed by atoms with E-state index in [2.05, 4.69) is 0 Å². The van der Waals surface area contributed by atoms with E-state index in [0.717, 1.165) is 5.56 Å². The van der Waals surface area contributed by atoms with Gasteiger partial charge in [0.1, 0.15) is 10.9 Å². The molecule has 0 N–H and O–H groups in total. The van der Waals surface area contributed by atoms with E-state index in [1.807, 2.05) is 20.8 Å². The molecule has 1 aromatic rings. The zero-order valence-electron chi connectivity index (χ0n) is 14.5. The van der Waals surface area contributed by atoms with Crippen molar-refractivity contribution in [3.05, 3.63) is 29.8 Å². The minimum Gasteiger partial charge on any atom is -0.466 e. The Balaban J connectivity index is 2.25.